The van der Waals surface area contributed by atoms with Crippen molar-refractivity contribution in [1.82, 2.24) is 0 Å². The molecule has 1 rings (SSSR count). The van der Waals surface area contributed by atoms with E-state index < -0.39 is 0 Å². The molecule has 0 spiro atoms. The molecule has 18 heavy (non-hydrogen) atoms. The smallest absolute Gasteiger partial charge is 0.224 e. The maximum Gasteiger partial charge on any atom is 0.224 e. The third kappa shape index (κ3) is 5.19. The summed E-state index contributed by atoms with van der Waals surface area (Å²) in [6.45, 7) is 6.51. The van der Waals surface area contributed by atoms with Crippen molar-refractivity contribution >= 4 is 17.3 Å². The van der Waals surface area contributed by atoms with Crippen LogP contribution in [-0.2, 0) is 9.53 Å². The van der Waals surface area contributed by atoms with Gasteiger partial charge in [-0.3, -0.25) is 4.79 Å². The Morgan fingerprint density at radius 2 is 2.17 bits per heavy atom. The molecule has 0 saturated carbocycles. The highest BCUT2D eigenvalue weighted by atomic mass is 16.5. The van der Waals surface area contributed by atoms with Crippen LogP contribution in [0.25, 0.3) is 0 Å². The predicted molar refractivity (Wildman–Crippen MR) is 74.5 cm³/mol. The second-order valence-corrected chi connectivity index (χ2v) is 4.65. The van der Waals surface area contributed by atoms with Gasteiger partial charge >= 0.3 is 0 Å². The van der Waals surface area contributed by atoms with Crippen LogP contribution in [0.5, 0.6) is 0 Å². The van der Waals surface area contributed by atoms with Gasteiger partial charge in [-0.1, -0.05) is 0 Å². The first-order valence-corrected chi connectivity index (χ1v) is 6.26. The highest BCUT2D eigenvalue weighted by Gasteiger charge is 2.05. The molecule has 0 saturated heterocycles. The van der Waals surface area contributed by atoms with E-state index in [1.807, 2.05) is 32.9 Å². The van der Waals surface area contributed by atoms with Crippen LogP contribution in [0.1, 0.15) is 32.3 Å². The quantitative estimate of drug-likeness (QED) is 0.602. The zero-order valence-electron chi connectivity index (χ0n) is 11.3. The van der Waals surface area contributed by atoms with Gasteiger partial charge < -0.3 is 15.8 Å². The normalized spacial score (nSPS) is 10.7. The van der Waals surface area contributed by atoms with Crippen molar-refractivity contribution in [1.29, 1.82) is 0 Å². The van der Waals surface area contributed by atoms with Crippen LogP contribution in [-0.4, -0.2) is 18.6 Å². The number of nitrogen functional groups attached to an aromatic ring is 1. The number of amides is 1. The van der Waals surface area contributed by atoms with E-state index in [1.165, 1.54) is 0 Å². The average Bonchev–Trinajstić information content (AvgIpc) is 2.28. The Kier molecular flexibility index (Phi) is 5.65. The molecule has 0 atom stereocenters. The molecule has 0 aliphatic rings. The topological polar surface area (TPSA) is 64.3 Å². The Morgan fingerprint density at radius 1 is 1.44 bits per heavy atom. The number of ether oxygens (including phenoxy) is 1. The van der Waals surface area contributed by atoms with Gasteiger partial charge in [-0.2, -0.15) is 0 Å². The highest BCUT2D eigenvalue weighted by Crippen LogP contribution is 2.17. The first-order valence-electron chi connectivity index (χ1n) is 6.26. The van der Waals surface area contributed by atoms with E-state index in [4.69, 9.17) is 10.5 Å². The van der Waals surface area contributed by atoms with Gasteiger partial charge in [0.15, 0.2) is 0 Å². The second kappa shape index (κ2) is 7.01. The number of hydrogen-bond donors (Lipinski definition) is 2. The van der Waals surface area contributed by atoms with Crippen LogP contribution in [0.15, 0.2) is 18.2 Å². The molecule has 3 N–H and O–H groups in total. The fraction of sp³-hybridized carbons (Fsp3) is 0.500. The molecule has 1 aromatic rings. The molecular formula is C14H22N2O2. The average molecular weight is 250 g/mol. The van der Waals surface area contributed by atoms with E-state index in [2.05, 4.69) is 5.32 Å². The minimum Gasteiger partial charge on any atom is -0.399 e. The summed E-state index contributed by atoms with van der Waals surface area (Å²) in [7, 11) is 0. The van der Waals surface area contributed by atoms with Gasteiger partial charge in [0.05, 0.1) is 6.10 Å². The number of anilines is 2. The van der Waals surface area contributed by atoms with Crippen molar-refractivity contribution < 1.29 is 9.53 Å². The molecule has 1 aromatic carbocycles. The fourth-order valence-corrected chi connectivity index (χ4v) is 1.59. The van der Waals surface area contributed by atoms with Crippen molar-refractivity contribution in [3.05, 3.63) is 23.8 Å². The largest absolute Gasteiger partial charge is 0.399 e. The van der Waals surface area contributed by atoms with Crippen molar-refractivity contribution in [2.75, 3.05) is 17.7 Å². The van der Waals surface area contributed by atoms with Gasteiger partial charge in [-0.25, -0.2) is 0 Å². The zero-order valence-corrected chi connectivity index (χ0v) is 11.3. The predicted octanol–water partition coefficient (Wildman–Crippen LogP) is 2.72. The number of hydrogen-bond acceptors (Lipinski definition) is 3. The molecule has 100 valence electrons. The molecule has 0 fully saturated rings. The maximum atomic E-state index is 11.7. The van der Waals surface area contributed by atoms with Gasteiger partial charge in [0.2, 0.25) is 5.91 Å². The molecule has 0 heterocycles. The lowest BCUT2D eigenvalue weighted by atomic mass is 10.1. The summed E-state index contributed by atoms with van der Waals surface area (Å²) in [4.78, 5) is 11.7. The van der Waals surface area contributed by atoms with Crippen molar-refractivity contribution in [3.63, 3.8) is 0 Å². The SMILES string of the molecule is Cc1cc(N)ccc1NC(=O)CCCOC(C)C. The molecule has 4 nitrogen and oxygen atoms in total. The molecular weight excluding hydrogens is 228 g/mol. The summed E-state index contributed by atoms with van der Waals surface area (Å²) in [5, 5.41) is 2.88. The molecule has 1 amide bonds. The van der Waals surface area contributed by atoms with E-state index in [0.717, 1.165) is 17.7 Å². The van der Waals surface area contributed by atoms with Gasteiger partial charge in [0.1, 0.15) is 0 Å². The summed E-state index contributed by atoms with van der Waals surface area (Å²) in [6, 6.07) is 5.45. The Hall–Kier alpha value is -1.55. The van der Waals surface area contributed by atoms with E-state index in [0.29, 0.717) is 18.7 Å². The van der Waals surface area contributed by atoms with Crippen LogP contribution >= 0.6 is 0 Å². The summed E-state index contributed by atoms with van der Waals surface area (Å²) in [5.41, 5.74) is 8.15. The molecule has 0 radical (unpaired) electrons. The van der Waals surface area contributed by atoms with Gasteiger partial charge in [0, 0.05) is 24.4 Å². The summed E-state index contributed by atoms with van der Waals surface area (Å²) >= 11 is 0. The number of nitrogens with two attached hydrogens (primary N) is 1. The highest BCUT2D eigenvalue weighted by molar-refractivity contribution is 5.91. The molecule has 0 unspecified atom stereocenters. The minimum absolute atomic E-state index is 0.00947. The third-order valence-electron chi connectivity index (χ3n) is 2.52. The van der Waals surface area contributed by atoms with Crippen LogP contribution in [0.4, 0.5) is 11.4 Å². The van der Waals surface area contributed by atoms with Crippen molar-refractivity contribution in [2.24, 2.45) is 0 Å². The Labute approximate surface area is 109 Å². The Bertz CT molecular complexity index is 403. The molecule has 4 heteroatoms. The van der Waals surface area contributed by atoms with Crippen molar-refractivity contribution in [2.45, 2.75) is 39.7 Å². The standard InChI is InChI=1S/C14H22N2O2/c1-10(2)18-8-4-5-14(17)16-13-7-6-12(15)9-11(13)3/h6-7,9-10H,4-5,8,15H2,1-3H3,(H,16,17). The van der Waals surface area contributed by atoms with Crippen LogP contribution < -0.4 is 11.1 Å². The number of carbonyl (C=O) groups is 1. The second-order valence-electron chi connectivity index (χ2n) is 4.65. The van der Waals surface area contributed by atoms with E-state index >= 15 is 0 Å². The summed E-state index contributed by atoms with van der Waals surface area (Å²) in [6.07, 6.45) is 1.42. The maximum absolute atomic E-state index is 11.7. The van der Waals surface area contributed by atoms with E-state index in [-0.39, 0.29) is 12.0 Å². The lowest BCUT2D eigenvalue weighted by Crippen LogP contribution is -2.14. The molecule has 0 bridgehead atoms. The number of aryl methyl sites for hydroxylation is 1. The number of rotatable bonds is 6. The molecule has 0 aliphatic heterocycles. The van der Waals surface area contributed by atoms with Gasteiger partial charge in [-0.05, 0) is 51.0 Å². The van der Waals surface area contributed by atoms with Crippen LogP contribution in [0.3, 0.4) is 0 Å². The first-order chi connectivity index (χ1) is 8.49. The fourth-order valence-electron chi connectivity index (χ4n) is 1.59. The van der Waals surface area contributed by atoms with E-state index in [1.54, 1.807) is 6.07 Å². The van der Waals surface area contributed by atoms with E-state index in [9.17, 15) is 4.79 Å². The summed E-state index contributed by atoms with van der Waals surface area (Å²) < 4.78 is 5.39. The van der Waals surface area contributed by atoms with Crippen molar-refractivity contribution in [3.8, 4) is 0 Å². The summed E-state index contributed by atoms with van der Waals surface area (Å²) in [5.74, 6) is 0.00947. The lowest BCUT2D eigenvalue weighted by Gasteiger charge is -2.10. The third-order valence-corrected chi connectivity index (χ3v) is 2.52. The Balaban J connectivity index is 2.35. The van der Waals surface area contributed by atoms with Crippen LogP contribution in [0.2, 0.25) is 0 Å². The van der Waals surface area contributed by atoms with Gasteiger partial charge in [0.25, 0.3) is 0 Å². The molecule has 0 aliphatic carbocycles. The van der Waals surface area contributed by atoms with Crippen LogP contribution in [0, 0.1) is 6.92 Å². The number of benzene rings is 1. The number of carbonyl (C=O) groups excluding carboxylic acids is 1. The number of nitrogens with one attached hydrogen (secondary N) is 1. The monoisotopic (exact) mass is 250 g/mol. The first kappa shape index (κ1) is 14.5. The molecule has 0 aromatic heterocycles. The Morgan fingerprint density at radius 3 is 2.78 bits per heavy atom. The van der Waals surface area contributed by atoms with Gasteiger partial charge in [-0.15, -0.1) is 0 Å². The lowest BCUT2D eigenvalue weighted by molar-refractivity contribution is -0.116. The zero-order chi connectivity index (χ0) is 13.5. The minimum atomic E-state index is 0.00947.